The molecule has 1 aromatic rings. The molecule has 0 radical (unpaired) electrons. The van der Waals surface area contributed by atoms with Crippen LogP contribution in [0, 0.1) is 5.41 Å². The summed E-state index contributed by atoms with van der Waals surface area (Å²) < 4.78 is 38.4. The Balaban J connectivity index is 0.00000242. The van der Waals surface area contributed by atoms with Gasteiger partial charge < -0.3 is 10.6 Å². The maximum Gasteiger partial charge on any atom is 0.435 e. The average molecular weight is 341 g/mol. The Bertz CT molecular complexity index is 530. The lowest BCUT2D eigenvalue weighted by molar-refractivity contribution is -0.142. The van der Waals surface area contributed by atoms with Crippen molar-refractivity contribution in [3.05, 3.63) is 18.0 Å². The highest BCUT2D eigenvalue weighted by Crippen LogP contribution is 2.28. The molecular weight excluding hydrogens is 321 g/mol. The highest BCUT2D eigenvalue weighted by molar-refractivity contribution is 5.85. The average Bonchev–Trinajstić information content (AvgIpc) is 2.80. The predicted molar refractivity (Wildman–Crippen MR) is 77.4 cm³/mol. The molecule has 1 unspecified atom stereocenters. The molecule has 2 N–H and O–H groups in total. The van der Waals surface area contributed by atoms with Crippen LogP contribution in [-0.2, 0) is 17.5 Å². The zero-order valence-corrected chi connectivity index (χ0v) is 13.2. The topological polar surface area (TPSA) is 64.2 Å². The summed E-state index contributed by atoms with van der Waals surface area (Å²) in [5.74, 6) is -0.244. The Kier molecular flexibility index (Phi) is 5.51. The van der Waals surface area contributed by atoms with Gasteiger partial charge in [0, 0.05) is 25.3 Å². The summed E-state index contributed by atoms with van der Waals surface area (Å²) in [6, 6.07) is 0.881. The number of carbonyl (C=O) groups excluding carboxylic acids is 1. The molecule has 1 fully saturated rings. The number of hydrogen-bond acceptors (Lipinski definition) is 3. The summed E-state index contributed by atoms with van der Waals surface area (Å²) in [6.45, 7) is 4.79. The molecule has 1 aromatic heterocycles. The Morgan fingerprint density at radius 1 is 1.50 bits per heavy atom. The number of alkyl halides is 3. The third-order valence-electron chi connectivity index (χ3n) is 3.89. The van der Waals surface area contributed by atoms with Crippen LogP contribution in [0.15, 0.2) is 12.3 Å². The number of hydrogen-bond donors (Lipinski definition) is 1. The third-order valence-corrected chi connectivity index (χ3v) is 3.89. The largest absolute Gasteiger partial charge is 0.435 e. The number of rotatable bonds is 2. The van der Waals surface area contributed by atoms with Crippen LogP contribution in [0.25, 0.3) is 0 Å². The van der Waals surface area contributed by atoms with Crippen molar-refractivity contribution in [2.24, 2.45) is 11.1 Å². The molecule has 0 aromatic carbocycles. The van der Waals surface area contributed by atoms with Crippen molar-refractivity contribution in [2.45, 2.75) is 39.0 Å². The summed E-state index contributed by atoms with van der Waals surface area (Å²) in [4.78, 5) is 13.8. The van der Waals surface area contributed by atoms with Crippen molar-refractivity contribution >= 4 is 18.3 Å². The quantitative estimate of drug-likeness (QED) is 0.894. The van der Waals surface area contributed by atoms with Crippen LogP contribution in [0.4, 0.5) is 13.2 Å². The molecule has 5 nitrogen and oxygen atoms in total. The van der Waals surface area contributed by atoms with Crippen molar-refractivity contribution in [2.75, 3.05) is 13.1 Å². The molecule has 1 saturated heterocycles. The minimum absolute atomic E-state index is 0. The first-order valence-corrected chi connectivity index (χ1v) is 6.73. The summed E-state index contributed by atoms with van der Waals surface area (Å²) in [5.41, 5.74) is 4.81. The number of nitrogens with two attached hydrogens (primary N) is 1. The predicted octanol–water partition coefficient (Wildman–Crippen LogP) is 1.91. The lowest BCUT2D eigenvalue weighted by Crippen LogP contribution is -2.54. The molecule has 2 heterocycles. The van der Waals surface area contributed by atoms with Gasteiger partial charge in [0.15, 0.2) is 5.69 Å². The van der Waals surface area contributed by atoms with Gasteiger partial charge in [-0.25, -0.2) is 0 Å². The van der Waals surface area contributed by atoms with E-state index in [1.165, 1.54) is 6.20 Å². The molecule has 1 aliphatic heterocycles. The van der Waals surface area contributed by atoms with Crippen LogP contribution in [-0.4, -0.2) is 39.7 Å². The van der Waals surface area contributed by atoms with Crippen molar-refractivity contribution < 1.29 is 18.0 Å². The molecule has 126 valence electrons. The Morgan fingerprint density at radius 3 is 2.64 bits per heavy atom. The van der Waals surface area contributed by atoms with Gasteiger partial charge in [0.2, 0.25) is 5.91 Å². The van der Waals surface area contributed by atoms with Gasteiger partial charge in [0.1, 0.15) is 6.54 Å². The first kappa shape index (κ1) is 18.8. The number of piperidine rings is 1. The fourth-order valence-corrected chi connectivity index (χ4v) is 2.43. The smallest absolute Gasteiger partial charge is 0.340 e. The maximum absolute atomic E-state index is 12.5. The van der Waals surface area contributed by atoms with Gasteiger partial charge in [-0.1, -0.05) is 13.8 Å². The van der Waals surface area contributed by atoms with E-state index in [0.717, 1.165) is 10.7 Å². The van der Waals surface area contributed by atoms with Crippen molar-refractivity contribution in [1.82, 2.24) is 14.7 Å². The number of nitrogens with zero attached hydrogens (tertiary/aromatic N) is 3. The molecule has 0 bridgehead atoms. The first-order valence-electron chi connectivity index (χ1n) is 6.73. The highest BCUT2D eigenvalue weighted by atomic mass is 35.5. The molecule has 22 heavy (non-hydrogen) atoms. The number of likely N-dealkylation sites (tertiary alicyclic amines) is 1. The van der Waals surface area contributed by atoms with Crippen LogP contribution >= 0.6 is 12.4 Å². The second kappa shape index (κ2) is 6.45. The lowest BCUT2D eigenvalue weighted by Gasteiger charge is -2.42. The first-order chi connectivity index (χ1) is 9.59. The molecule has 9 heteroatoms. The normalized spacial score (nSPS) is 21.4. The van der Waals surface area contributed by atoms with Gasteiger partial charge in [-0.2, -0.15) is 18.3 Å². The number of halogens is 4. The minimum atomic E-state index is -4.49. The maximum atomic E-state index is 12.5. The van der Waals surface area contributed by atoms with E-state index in [-0.39, 0.29) is 36.3 Å². The van der Waals surface area contributed by atoms with Crippen molar-refractivity contribution in [3.8, 4) is 0 Å². The van der Waals surface area contributed by atoms with E-state index in [2.05, 4.69) is 5.10 Å². The van der Waals surface area contributed by atoms with Gasteiger partial charge in [0.05, 0.1) is 0 Å². The van der Waals surface area contributed by atoms with Crippen LogP contribution in [0.5, 0.6) is 0 Å². The summed E-state index contributed by atoms with van der Waals surface area (Å²) >= 11 is 0. The SMILES string of the molecule is CC1(C)CN(C(=O)Cn2ccc(C(F)(F)F)n2)CCC1N.Cl. The Hall–Kier alpha value is -1.28. The van der Waals surface area contributed by atoms with E-state index >= 15 is 0 Å². The zero-order valence-electron chi connectivity index (χ0n) is 12.4. The number of carbonyl (C=O) groups is 1. The Labute approximate surface area is 133 Å². The molecule has 0 spiro atoms. The lowest BCUT2D eigenvalue weighted by atomic mass is 9.80. The van der Waals surface area contributed by atoms with Gasteiger partial charge in [-0.15, -0.1) is 12.4 Å². The summed E-state index contributed by atoms with van der Waals surface area (Å²) in [5, 5.41) is 3.39. The van der Waals surface area contributed by atoms with E-state index in [1.54, 1.807) is 4.90 Å². The van der Waals surface area contributed by atoms with E-state index in [9.17, 15) is 18.0 Å². The standard InChI is InChI=1S/C13H19F3N4O.ClH/c1-12(2)8-19(5-3-9(12)17)11(21)7-20-6-4-10(18-20)13(14,15)16;/h4,6,9H,3,5,7-8,17H2,1-2H3;1H. The third kappa shape index (κ3) is 4.13. The molecule has 1 amide bonds. The molecular formula is C13H20ClF3N4O. The molecule has 1 aliphatic rings. The summed E-state index contributed by atoms with van der Waals surface area (Å²) in [6.07, 6.45) is -2.64. The van der Waals surface area contributed by atoms with E-state index in [1.807, 2.05) is 13.8 Å². The summed E-state index contributed by atoms with van der Waals surface area (Å²) in [7, 11) is 0. The van der Waals surface area contributed by atoms with Gasteiger partial charge in [0.25, 0.3) is 0 Å². The van der Waals surface area contributed by atoms with Crippen LogP contribution in [0.3, 0.4) is 0 Å². The molecule has 0 aliphatic carbocycles. The highest BCUT2D eigenvalue weighted by Gasteiger charge is 2.36. The van der Waals surface area contributed by atoms with Crippen LogP contribution in [0.1, 0.15) is 26.0 Å². The van der Waals surface area contributed by atoms with E-state index in [4.69, 9.17) is 5.73 Å². The monoisotopic (exact) mass is 340 g/mol. The minimum Gasteiger partial charge on any atom is -0.340 e. The number of aromatic nitrogens is 2. The fraction of sp³-hybridized carbons (Fsp3) is 0.692. The fourth-order valence-electron chi connectivity index (χ4n) is 2.43. The van der Waals surface area contributed by atoms with Gasteiger partial charge in [-0.05, 0) is 17.9 Å². The second-order valence-electron chi connectivity index (χ2n) is 6.10. The second-order valence-corrected chi connectivity index (χ2v) is 6.10. The molecule has 2 rings (SSSR count). The zero-order chi connectivity index (χ0) is 15.8. The van der Waals surface area contributed by atoms with Gasteiger partial charge in [-0.3, -0.25) is 9.48 Å². The Morgan fingerprint density at radius 2 is 2.14 bits per heavy atom. The van der Waals surface area contributed by atoms with E-state index in [0.29, 0.717) is 19.5 Å². The van der Waals surface area contributed by atoms with Crippen molar-refractivity contribution in [3.63, 3.8) is 0 Å². The van der Waals surface area contributed by atoms with Crippen LogP contribution in [0.2, 0.25) is 0 Å². The van der Waals surface area contributed by atoms with Gasteiger partial charge >= 0.3 is 6.18 Å². The van der Waals surface area contributed by atoms with Crippen molar-refractivity contribution in [1.29, 1.82) is 0 Å². The molecule has 0 saturated carbocycles. The molecule has 1 atom stereocenters. The van der Waals surface area contributed by atoms with Crippen LogP contribution < -0.4 is 5.73 Å². The number of amides is 1. The van der Waals surface area contributed by atoms with E-state index < -0.39 is 11.9 Å².